The molecule has 0 bridgehead atoms. The Labute approximate surface area is 57.8 Å². The first-order valence-electron chi connectivity index (χ1n) is 2.62. The van der Waals surface area contributed by atoms with Crippen LogP contribution in [0.2, 0.25) is 0 Å². The van der Waals surface area contributed by atoms with E-state index in [1.165, 1.54) is 19.3 Å². The monoisotopic (exact) mass is 95.1 g/mol. The zero-order valence-electron chi connectivity index (χ0n) is 4.41. The van der Waals surface area contributed by atoms with Crippen LogP contribution in [0.25, 0.3) is 0 Å². The molecule has 0 aliphatic rings. The van der Waals surface area contributed by atoms with E-state index in [9.17, 15) is 0 Å². The van der Waals surface area contributed by atoms with E-state index in [4.69, 9.17) is 5.73 Å². The zero-order chi connectivity index (χ0) is 4.83. The van der Waals surface area contributed by atoms with Gasteiger partial charge in [-0.2, -0.15) is 0 Å². The van der Waals surface area contributed by atoms with Gasteiger partial charge in [-0.1, -0.05) is 19.8 Å². The molecule has 0 rings (SSSR count). The van der Waals surface area contributed by atoms with Gasteiger partial charge in [0, 0.05) is 0 Å². The fourth-order valence-electron chi connectivity index (χ4n) is 0.394. The Morgan fingerprint density at radius 3 is 2.00 bits per heavy atom. The molecule has 40 valence electrons. The van der Waals surface area contributed by atoms with Crippen molar-refractivity contribution in [2.75, 3.05) is 6.54 Å². The second-order valence-electron chi connectivity index (χ2n) is 1.50. The SMILES string of the molecule is CCCCCN.[LiH]. The first kappa shape index (κ1) is 10.5. The summed E-state index contributed by atoms with van der Waals surface area (Å²) in [5.41, 5.74) is 5.21. The van der Waals surface area contributed by atoms with Gasteiger partial charge >= 0.3 is 18.9 Å². The van der Waals surface area contributed by atoms with Crippen molar-refractivity contribution in [3.05, 3.63) is 0 Å². The van der Waals surface area contributed by atoms with Crippen LogP contribution in [-0.4, -0.2) is 25.4 Å². The van der Waals surface area contributed by atoms with Crippen LogP contribution in [0.1, 0.15) is 26.2 Å². The van der Waals surface area contributed by atoms with Crippen molar-refractivity contribution in [1.29, 1.82) is 0 Å². The normalized spacial score (nSPS) is 7.71. The summed E-state index contributed by atoms with van der Waals surface area (Å²) in [6.45, 7) is 3.03. The molecule has 0 aliphatic carbocycles. The van der Waals surface area contributed by atoms with E-state index >= 15 is 0 Å². The first-order valence-corrected chi connectivity index (χ1v) is 2.62. The second kappa shape index (κ2) is 9.75. The van der Waals surface area contributed by atoms with Gasteiger partial charge in [0.2, 0.25) is 0 Å². The van der Waals surface area contributed by atoms with E-state index in [0.29, 0.717) is 0 Å². The van der Waals surface area contributed by atoms with Gasteiger partial charge in [0.15, 0.2) is 0 Å². The Balaban J connectivity index is 0. The van der Waals surface area contributed by atoms with Crippen LogP contribution < -0.4 is 5.73 Å². The van der Waals surface area contributed by atoms with Crippen LogP contribution >= 0.6 is 0 Å². The van der Waals surface area contributed by atoms with Crippen molar-refractivity contribution in [3.8, 4) is 0 Å². The number of unbranched alkanes of at least 4 members (excludes halogenated alkanes) is 2. The van der Waals surface area contributed by atoms with E-state index in [1.54, 1.807) is 0 Å². The fraction of sp³-hybridized carbons (Fsp3) is 1.00. The zero-order valence-corrected chi connectivity index (χ0v) is 4.41. The molecule has 0 atom stereocenters. The molecule has 0 saturated heterocycles. The molecular formula is C5H14LiN. The van der Waals surface area contributed by atoms with Crippen LogP contribution in [0.15, 0.2) is 0 Å². The quantitative estimate of drug-likeness (QED) is 0.400. The maximum absolute atomic E-state index is 5.21. The van der Waals surface area contributed by atoms with Crippen molar-refractivity contribution in [3.63, 3.8) is 0 Å². The third-order valence-electron chi connectivity index (χ3n) is 0.808. The standard InChI is InChI=1S/C5H13N.Li.H/c1-2-3-4-5-6;;/h2-6H2,1H3;;. The van der Waals surface area contributed by atoms with Gasteiger partial charge in [-0.05, 0) is 13.0 Å². The molecule has 0 aliphatic heterocycles. The molecule has 1 nitrogen and oxygen atoms in total. The first-order chi connectivity index (χ1) is 2.91. The number of hydrogen-bond acceptors (Lipinski definition) is 1. The summed E-state index contributed by atoms with van der Waals surface area (Å²) in [7, 11) is 0. The van der Waals surface area contributed by atoms with Crippen LogP contribution in [0.3, 0.4) is 0 Å². The molecule has 0 radical (unpaired) electrons. The average Bonchev–Trinajstić information content (AvgIpc) is 1.61. The average molecular weight is 95.1 g/mol. The van der Waals surface area contributed by atoms with Crippen molar-refractivity contribution in [1.82, 2.24) is 0 Å². The van der Waals surface area contributed by atoms with Crippen LogP contribution in [0.4, 0.5) is 0 Å². The van der Waals surface area contributed by atoms with Gasteiger partial charge in [-0.3, -0.25) is 0 Å². The van der Waals surface area contributed by atoms with Crippen molar-refractivity contribution in [2.45, 2.75) is 26.2 Å². The second-order valence-corrected chi connectivity index (χ2v) is 1.50. The van der Waals surface area contributed by atoms with Gasteiger partial charge in [0.05, 0.1) is 0 Å². The van der Waals surface area contributed by atoms with Crippen LogP contribution in [-0.2, 0) is 0 Å². The summed E-state index contributed by atoms with van der Waals surface area (Å²) in [6.07, 6.45) is 3.75. The fourth-order valence-corrected chi connectivity index (χ4v) is 0.394. The van der Waals surface area contributed by atoms with Gasteiger partial charge in [-0.15, -0.1) is 0 Å². The van der Waals surface area contributed by atoms with Crippen molar-refractivity contribution in [2.24, 2.45) is 5.73 Å². The van der Waals surface area contributed by atoms with E-state index < -0.39 is 0 Å². The molecule has 0 aromatic heterocycles. The Bertz CT molecular complexity index is 20.0. The summed E-state index contributed by atoms with van der Waals surface area (Å²) in [5, 5.41) is 0. The maximum atomic E-state index is 5.21. The summed E-state index contributed by atoms with van der Waals surface area (Å²) in [5.74, 6) is 0. The summed E-state index contributed by atoms with van der Waals surface area (Å²) in [4.78, 5) is 0. The summed E-state index contributed by atoms with van der Waals surface area (Å²) in [6, 6.07) is 0. The van der Waals surface area contributed by atoms with Crippen molar-refractivity contribution < 1.29 is 0 Å². The minimum atomic E-state index is 0. The van der Waals surface area contributed by atoms with E-state index in [1.807, 2.05) is 0 Å². The molecule has 2 N–H and O–H groups in total. The molecule has 7 heavy (non-hydrogen) atoms. The Morgan fingerprint density at radius 2 is 1.86 bits per heavy atom. The molecular weight excluding hydrogens is 81.0 g/mol. The Hall–Kier alpha value is 0.557. The van der Waals surface area contributed by atoms with Crippen LogP contribution in [0.5, 0.6) is 0 Å². The predicted molar refractivity (Wildman–Crippen MR) is 35.7 cm³/mol. The van der Waals surface area contributed by atoms with Gasteiger partial charge in [-0.25, -0.2) is 0 Å². The Kier molecular flexibility index (Phi) is 14.7. The van der Waals surface area contributed by atoms with E-state index in [0.717, 1.165) is 6.54 Å². The third-order valence-corrected chi connectivity index (χ3v) is 0.808. The van der Waals surface area contributed by atoms with Gasteiger partial charge in [0.25, 0.3) is 0 Å². The van der Waals surface area contributed by atoms with Crippen molar-refractivity contribution >= 4 is 18.9 Å². The molecule has 0 aromatic rings. The number of hydrogen-bond donors (Lipinski definition) is 1. The molecule has 0 spiro atoms. The predicted octanol–water partition coefficient (Wildman–Crippen LogP) is 0.487. The molecule has 0 unspecified atom stereocenters. The summed E-state index contributed by atoms with van der Waals surface area (Å²) >= 11 is 0. The van der Waals surface area contributed by atoms with Gasteiger partial charge < -0.3 is 5.73 Å². The Morgan fingerprint density at radius 1 is 1.29 bits per heavy atom. The minimum absolute atomic E-state index is 0. The summed E-state index contributed by atoms with van der Waals surface area (Å²) < 4.78 is 0. The van der Waals surface area contributed by atoms with Gasteiger partial charge in [0.1, 0.15) is 0 Å². The number of nitrogens with two attached hydrogens (primary N) is 1. The molecule has 0 aromatic carbocycles. The van der Waals surface area contributed by atoms with Crippen LogP contribution in [0, 0.1) is 0 Å². The molecule has 0 heterocycles. The molecule has 0 amide bonds. The van der Waals surface area contributed by atoms with E-state index in [2.05, 4.69) is 6.92 Å². The van der Waals surface area contributed by atoms with E-state index in [-0.39, 0.29) is 18.9 Å². The molecule has 2 heteroatoms. The number of rotatable bonds is 3. The molecule has 0 saturated carbocycles. The third kappa shape index (κ3) is 10.8. The molecule has 0 fully saturated rings. The topological polar surface area (TPSA) is 26.0 Å².